The third-order valence-electron chi connectivity index (χ3n) is 4.03. The molecular formula is C19H15N5O3S2. The lowest BCUT2D eigenvalue weighted by molar-refractivity contribution is -0.387. The van der Waals surface area contributed by atoms with Crippen LogP contribution in [0.3, 0.4) is 0 Å². The summed E-state index contributed by atoms with van der Waals surface area (Å²) in [5, 5.41) is 15.5. The van der Waals surface area contributed by atoms with Gasteiger partial charge in [-0.15, -0.1) is 0 Å². The second-order valence-electron chi connectivity index (χ2n) is 6.03. The summed E-state index contributed by atoms with van der Waals surface area (Å²) in [5.41, 5.74) is 1.69. The summed E-state index contributed by atoms with van der Waals surface area (Å²) >= 11 is 2.58. The first-order chi connectivity index (χ1) is 14.0. The van der Waals surface area contributed by atoms with Gasteiger partial charge in [-0.05, 0) is 37.3 Å². The van der Waals surface area contributed by atoms with Gasteiger partial charge in [-0.1, -0.05) is 40.8 Å². The zero-order valence-electron chi connectivity index (χ0n) is 15.4. The quantitative estimate of drug-likeness (QED) is 0.255. The van der Waals surface area contributed by atoms with E-state index in [1.54, 1.807) is 7.11 Å². The molecule has 0 radical (unpaired) electrons. The maximum atomic E-state index is 11.8. The largest absolute Gasteiger partial charge is 0.497 e. The molecule has 0 atom stereocenters. The van der Waals surface area contributed by atoms with Gasteiger partial charge >= 0.3 is 5.69 Å². The normalized spacial score (nSPS) is 10.8. The van der Waals surface area contributed by atoms with E-state index in [2.05, 4.69) is 20.3 Å². The van der Waals surface area contributed by atoms with Crippen molar-refractivity contribution in [2.45, 2.75) is 16.8 Å². The molecule has 0 amide bonds. The maximum absolute atomic E-state index is 11.8. The van der Waals surface area contributed by atoms with Gasteiger partial charge in [0.15, 0.2) is 10.2 Å². The van der Waals surface area contributed by atoms with Crippen LogP contribution in [0.25, 0.3) is 10.2 Å². The molecule has 0 spiro atoms. The number of nitrogens with one attached hydrogen (secondary N) is 1. The second kappa shape index (κ2) is 8.02. The molecule has 29 heavy (non-hydrogen) atoms. The minimum atomic E-state index is -0.477. The van der Waals surface area contributed by atoms with Gasteiger partial charge in [0.1, 0.15) is 12.1 Å². The molecule has 0 bridgehead atoms. The Balaban J connectivity index is 1.68. The van der Waals surface area contributed by atoms with E-state index in [1.165, 1.54) is 29.4 Å². The van der Waals surface area contributed by atoms with E-state index in [-0.39, 0.29) is 16.5 Å². The molecule has 2 aromatic carbocycles. The average Bonchev–Trinajstić information content (AvgIpc) is 3.11. The molecular weight excluding hydrogens is 410 g/mol. The van der Waals surface area contributed by atoms with Crippen molar-refractivity contribution < 1.29 is 9.66 Å². The smallest absolute Gasteiger partial charge is 0.344 e. The molecule has 0 aliphatic rings. The molecule has 1 N–H and O–H groups in total. The number of benzene rings is 2. The predicted molar refractivity (Wildman–Crippen MR) is 113 cm³/mol. The number of anilines is 2. The minimum Gasteiger partial charge on any atom is -0.497 e. The van der Waals surface area contributed by atoms with Crippen LogP contribution >= 0.6 is 23.1 Å². The Morgan fingerprint density at radius 3 is 2.69 bits per heavy atom. The van der Waals surface area contributed by atoms with Gasteiger partial charge in [-0.2, -0.15) is 0 Å². The van der Waals surface area contributed by atoms with Crippen molar-refractivity contribution in [3.63, 3.8) is 0 Å². The third kappa shape index (κ3) is 4.13. The molecule has 10 heteroatoms. The Kier molecular flexibility index (Phi) is 5.28. The lowest BCUT2D eigenvalue weighted by Gasteiger charge is -2.06. The highest BCUT2D eigenvalue weighted by atomic mass is 32.2. The number of rotatable bonds is 6. The minimum absolute atomic E-state index is 0.102. The second-order valence-corrected chi connectivity index (χ2v) is 8.12. The highest BCUT2D eigenvalue weighted by molar-refractivity contribution is 7.99. The molecule has 0 fully saturated rings. The van der Waals surface area contributed by atoms with E-state index in [0.717, 1.165) is 26.4 Å². The average molecular weight is 425 g/mol. The predicted octanol–water partition coefficient (Wildman–Crippen LogP) is 5.21. The Morgan fingerprint density at radius 1 is 1.17 bits per heavy atom. The monoisotopic (exact) mass is 425 g/mol. The fraction of sp³-hybridized carbons (Fsp3) is 0.105. The number of hydrogen-bond donors (Lipinski definition) is 1. The van der Waals surface area contributed by atoms with Gasteiger partial charge < -0.3 is 10.1 Å². The van der Waals surface area contributed by atoms with Gasteiger partial charge in [-0.3, -0.25) is 10.1 Å². The lowest BCUT2D eigenvalue weighted by Crippen LogP contribution is -2.02. The summed E-state index contributed by atoms with van der Waals surface area (Å²) in [7, 11) is 1.60. The molecule has 8 nitrogen and oxygen atoms in total. The summed E-state index contributed by atoms with van der Waals surface area (Å²) < 4.78 is 6.13. The third-order valence-corrected chi connectivity index (χ3v) is 5.96. The Labute approximate surface area is 174 Å². The summed E-state index contributed by atoms with van der Waals surface area (Å²) in [6, 6.07) is 13.2. The van der Waals surface area contributed by atoms with Crippen LogP contribution in [-0.4, -0.2) is 27.0 Å². The van der Waals surface area contributed by atoms with E-state index in [1.807, 2.05) is 49.4 Å². The van der Waals surface area contributed by atoms with Crippen molar-refractivity contribution in [1.82, 2.24) is 15.0 Å². The topological polar surface area (TPSA) is 103 Å². The van der Waals surface area contributed by atoms with Crippen LogP contribution in [0.5, 0.6) is 5.75 Å². The van der Waals surface area contributed by atoms with Gasteiger partial charge in [-0.25, -0.2) is 15.0 Å². The van der Waals surface area contributed by atoms with E-state index in [9.17, 15) is 10.1 Å². The standard InChI is InChI=1S/C19H15N5O3S2/c1-11-3-6-13(7-4-11)28-18-16(24(25)26)17(20-10-21-18)23-19-22-14-8-5-12(27-2)9-15(14)29-19/h3-10H,1-2H3,(H,20,21,22,23). The molecule has 0 saturated carbocycles. The molecule has 0 unspecified atom stereocenters. The lowest BCUT2D eigenvalue weighted by atomic mass is 10.2. The van der Waals surface area contributed by atoms with E-state index < -0.39 is 4.92 Å². The van der Waals surface area contributed by atoms with Crippen LogP contribution < -0.4 is 10.1 Å². The molecule has 4 aromatic rings. The number of methoxy groups -OCH3 is 1. The Morgan fingerprint density at radius 2 is 1.97 bits per heavy atom. The number of nitro groups is 1. The maximum Gasteiger partial charge on any atom is 0.344 e. The Bertz CT molecular complexity index is 1190. The zero-order chi connectivity index (χ0) is 20.4. The van der Waals surface area contributed by atoms with Crippen molar-refractivity contribution in [2.24, 2.45) is 0 Å². The van der Waals surface area contributed by atoms with Gasteiger partial charge in [0, 0.05) is 4.90 Å². The number of hydrogen-bond acceptors (Lipinski definition) is 9. The van der Waals surface area contributed by atoms with Crippen molar-refractivity contribution in [3.05, 3.63) is 64.5 Å². The van der Waals surface area contributed by atoms with E-state index in [4.69, 9.17) is 4.74 Å². The number of thiazole rings is 1. The van der Waals surface area contributed by atoms with E-state index in [0.29, 0.717) is 5.13 Å². The summed E-state index contributed by atoms with van der Waals surface area (Å²) in [5.74, 6) is 0.822. The van der Waals surface area contributed by atoms with Gasteiger partial charge in [0.2, 0.25) is 5.82 Å². The van der Waals surface area contributed by atoms with E-state index >= 15 is 0 Å². The fourth-order valence-corrected chi connectivity index (χ4v) is 4.35. The molecule has 0 aliphatic heterocycles. The van der Waals surface area contributed by atoms with Crippen LogP contribution in [0, 0.1) is 17.0 Å². The SMILES string of the molecule is COc1ccc2nc(Nc3ncnc(Sc4ccc(C)cc4)c3[N+](=O)[O-])sc2c1. The zero-order valence-corrected chi connectivity index (χ0v) is 17.1. The molecule has 0 aliphatic carbocycles. The van der Waals surface area contributed by atoms with Gasteiger partial charge in [0.05, 0.1) is 22.2 Å². The molecule has 4 rings (SSSR count). The number of aromatic nitrogens is 3. The molecule has 2 aromatic heterocycles. The first-order valence-corrected chi connectivity index (χ1v) is 10.1. The highest BCUT2D eigenvalue weighted by Crippen LogP contribution is 2.38. The van der Waals surface area contributed by atoms with Crippen LogP contribution in [0.4, 0.5) is 16.6 Å². The fourth-order valence-electron chi connectivity index (χ4n) is 2.60. The van der Waals surface area contributed by atoms with Crippen LogP contribution in [0.1, 0.15) is 5.56 Å². The molecule has 0 saturated heterocycles. The van der Waals surface area contributed by atoms with Crippen molar-refractivity contribution in [2.75, 3.05) is 12.4 Å². The van der Waals surface area contributed by atoms with Crippen molar-refractivity contribution >= 4 is 50.0 Å². The van der Waals surface area contributed by atoms with Crippen molar-refractivity contribution in [1.29, 1.82) is 0 Å². The molecule has 146 valence electrons. The van der Waals surface area contributed by atoms with Crippen LogP contribution in [-0.2, 0) is 0 Å². The number of ether oxygens (including phenoxy) is 1. The Hall–Kier alpha value is -3.24. The number of fused-ring (bicyclic) bond motifs is 1. The number of nitrogens with zero attached hydrogens (tertiary/aromatic N) is 4. The molecule has 2 heterocycles. The first-order valence-electron chi connectivity index (χ1n) is 8.49. The summed E-state index contributed by atoms with van der Waals surface area (Å²) in [6.07, 6.45) is 1.31. The van der Waals surface area contributed by atoms with Crippen LogP contribution in [0.15, 0.2) is 58.7 Å². The summed E-state index contributed by atoms with van der Waals surface area (Å²) in [4.78, 5) is 24.8. The van der Waals surface area contributed by atoms with Gasteiger partial charge in [0.25, 0.3) is 0 Å². The number of aryl methyl sites for hydroxylation is 1. The highest BCUT2D eigenvalue weighted by Gasteiger charge is 2.24. The van der Waals surface area contributed by atoms with Crippen LogP contribution in [0.2, 0.25) is 0 Å². The summed E-state index contributed by atoms with van der Waals surface area (Å²) in [6.45, 7) is 1.98. The van der Waals surface area contributed by atoms with Crippen molar-refractivity contribution in [3.8, 4) is 5.75 Å². The first kappa shape index (κ1) is 19.1.